The number of carbonyl (C=O) groups excluding carboxylic acids is 2. The predicted molar refractivity (Wildman–Crippen MR) is 81.7 cm³/mol. The van der Waals surface area contributed by atoms with Gasteiger partial charge in [0.1, 0.15) is 11.6 Å². The molecule has 1 aliphatic heterocycles. The molecule has 2 atom stereocenters. The summed E-state index contributed by atoms with van der Waals surface area (Å²) in [6, 6.07) is -0.114. The molecular weight excluding hydrogens is 264 g/mol. The van der Waals surface area contributed by atoms with Crippen molar-refractivity contribution in [3.63, 3.8) is 0 Å². The lowest BCUT2D eigenvalue weighted by atomic mass is 9.76. The highest BCUT2D eigenvalue weighted by atomic mass is 16.2. The van der Waals surface area contributed by atoms with Crippen LogP contribution in [-0.4, -0.2) is 34.3 Å². The first-order chi connectivity index (χ1) is 9.87. The second-order valence-corrected chi connectivity index (χ2v) is 7.92. The normalized spacial score (nSPS) is 35.1. The number of amides is 2. The molecule has 3 aliphatic rings. The fraction of sp³-hybridized carbons (Fsp3) is 0.882. The molecule has 2 unspecified atom stereocenters. The van der Waals surface area contributed by atoms with E-state index >= 15 is 0 Å². The summed E-state index contributed by atoms with van der Waals surface area (Å²) < 4.78 is 0. The number of hydrogen-bond donors (Lipinski definition) is 1. The number of piperazine rings is 1. The molecule has 4 heteroatoms. The Morgan fingerprint density at radius 2 is 1.71 bits per heavy atom. The minimum absolute atomic E-state index is 0.0409. The molecule has 0 radical (unpaired) electrons. The Kier molecular flexibility index (Phi) is 3.53. The maximum absolute atomic E-state index is 13.2. The molecule has 1 N–H and O–H groups in total. The number of carbonyl (C=O) groups is 2. The van der Waals surface area contributed by atoms with Crippen molar-refractivity contribution in [2.24, 2.45) is 5.41 Å². The van der Waals surface area contributed by atoms with Crippen molar-refractivity contribution in [2.45, 2.75) is 89.8 Å². The Labute approximate surface area is 127 Å². The van der Waals surface area contributed by atoms with Crippen molar-refractivity contribution in [1.29, 1.82) is 0 Å². The molecule has 21 heavy (non-hydrogen) atoms. The maximum atomic E-state index is 13.2. The van der Waals surface area contributed by atoms with Gasteiger partial charge >= 0.3 is 0 Å². The van der Waals surface area contributed by atoms with Crippen LogP contribution in [0, 0.1) is 5.41 Å². The summed E-state index contributed by atoms with van der Waals surface area (Å²) in [7, 11) is 0. The molecule has 118 valence electrons. The van der Waals surface area contributed by atoms with Gasteiger partial charge in [0.05, 0.1) is 0 Å². The number of nitrogens with zero attached hydrogens (tertiary/aromatic N) is 1. The smallest absolute Gasteiger partial charge is 0.249 e. The molecule has 4 nitrogen and oxygen atoms in total. The van der Waals surface area contributed by atoms with Crippen LogP contribution in [0.3, 0.4) is 0 Å². The van der Waals surface area contributed by atoms with Gasteiger partial charge in [-0.3, -0.25) is 9.59 Å². The molecule has 2 saturated carbocycles. The molecule has 0 aromatic heterocycles. The van der Waals surface area contributed by atoms with Gasteiger partial charge in [-0.05, 0) is 38.0 Å². The molecule has 3 fully saturated rings. The standard InChI is InChI=1S/C17H28N2O2/c1-12-14(20)18-17(10-5-4-6-11-17)15(21)19(12)13-8-7-9-16(13,2)3/h12-13H,4-11H2,1-3H3,(H,18,20). The Hall–Kier alpha value is -1.06. The summed E-state index contributed by atoms with van der Waals surface area (Å²) in [5.74, 6) is 0.230. The SMILES string of the molecule is CC1C(=O)NC2(CCCCC2)C(=O)N1C1CCCC1(C)C. The number of hydrogen-bond acceptors (Lipinski definition) is 2. The van der Waals surface area contributed by atoms with E-state index < -0.39 is 5.54 Å². The van der Waals surface area contributed by atoms with Gasteiger partial charge in [0.15, 0.2) is 0 Å². The third-order valence-corrected chi connectivity index (χ3v) is 6.05. The van der Waals surface area contributed by atoms with Crippen molar-refractivity contribution >= 4 is 11.8 Å². The van der Waals surface area contributed by atoms with Crippen LogP contribution in [0.25, 0.3) is 0 Å². The molecule has 1 heterocycles. The van der Waals surface area contributed by atoms with Gasteiger partial charge in [-0.15, -0.1) is 0 Å². The summed E-state index contributed by atoms with van der Waals surface area (Å²) in [6.07, 6.45) is 8.22. The molecule has 0 bridgehead atoms. The van der Waals surface area contributed by atoms with Crippen LogP contribution < -0.4 is 5.32 Å². The molecule has 2 aliphatic carbocycles. The van der Waals surface area contributed by atoms with Crippen molar-refractivity contribution in [2.75, 3.05) is 0 Å². The van der Waals surface area contributed by atoms with Crippen LogP contribution in [0.15, 0.2) is 0 Å². The second kappa shape index (κ2) is 4.99. The van der Waals surface area contributed by atoms with Crippen molar-refractivity contribution < 1.29 is 9.59 Å². The maximum Gasteiger partial charge on any atom is 0.249 e. The summed E-state index contributed by atoms with van der Waals surface area (Å²) in [5, 5.41) is 3.08. The topological polar surface area (TPSA) is 49.4 Å². The van der Waals surface area contributed by atoms with E-state index in [0.717, 1.165) is 44.9 Å². The quantitative estimate of drug-likeness (QED) is 0.807. The number of rotatable bonds is 1. The van der Waals surface area contributed by atoms with E-state index in [4.69, 9.17) is 0 Å². The molecule has 1 saturated heterocycles. The molecule has 0 aromatic carbocycles. The molecule has 2 amide bonds. The van der Waals surface area contributed by atoms with E-state index in [1.165, 1.54) is 6.42 Å². The lowest BCUT2D eigenvalue weighted by molar-refractivity contribution is -0.161. The third kappa shape index (κ3) is 2.27. The van der Waals surface area contributed by atoms with Crippen LogP contribution in [0.5, 0.6) is 0 Å². The van der Waals surface area contributed by atoms with Crippen LogP contribution in [0.4, 0.5) is 0 Å². The summed E-state index contributed by atoms with van der Waals surface area (Å²) >= 11 is 0. The molecule has 3 rings (SSSR count). The van der Waals surface area contributed by atoms with Gasteiger partial charge in [-0.2, -0.15) is 0 Å². The fourth-order valence-electron chi connectivity index (χ4n) is 4.67. The van der Waals surface area contributed by atoms with E-state index in [9.17, 15) is 9.59 Å². The van der Waals surface area contributed by atoms with E-state index in [-0.39, 0.29) is 29.3 Å². The lowest BCUT2D eigenvalue weighted by Gasteiger charge is -2.51. The Balaban J connectivity index is 1.93. The van der Waals surface area contributed by atoms with Crippen molar-refractivity contribution in [3.8, 4) is 0 Å². The van der Waals surface area contributed by atoms with Gasteiger partial charge in [0.25, 0.3) is 0 Å². The van der Waals surface area contributed by atoms with Crippen LogP contribution in [0.1, 0.15) is 72.1 Å². The zero-order chi connectivity index (χ0) is 15.3. The summed E-state index contributed by atoms with van der Waals surface area (Å²) in [6.45, 7) is 6.37. The Morgan fingerprint density at radius 3 is 2.29 bits per heavy atom. The highest BCUT2D eigenvalue weighted by Crippen LogP contribution is 2.44. The average molecular weight is 292 g/mol. The average Bonchev–Trinajstić information content (AvgIpc) is 2.78. The minimum Gasteiger partial charge on any atom is -0.340 e. The number of nitrogens with one attached hydrogen (secondary N) is 1. The monoisotopic (exact) mass is 292 g/mol. The van der Waals surface area contributed by atoms with E-state index in [0.29, 0.717) is 0 Å². The van der Waals surface area contributed by atoms with Gasteiger partial charge in [0.2, 0.25) is 11.8 Å². The van der Waals surface area contributed by atoms with Crippen LogP contribution in [0.2, 0.25) is 0 Å². The zero-order valence-corrected chi connectivity index (χ0v) is 13.6. The fourth-order valence-corrected chi connectivity index (χ4v) is 4.67. The van der Waals surface area contributed by atoms with Crippen LogP contribution in [-0.2, 0) is 9.59 Å². The Morgan fingerprint density at radius 1 is 1.05 bits per heavy atom. The zero-order valence-electron chi connectivity index (χ0n) is 13.6. The molecular formula is C17H28N2O2. The Bertz CT molecular complexity index is 452. The summed E-state index contributed by atoms with van der Waals surface area (Å²) in [4.78, 5) is 27.7. The highest BCUT2D eigenvalue weighted by molar-refractivity contribution is 6.00. The summed E-state index contributed by atoms with van der Waals surface area (Å²) in [5.41, 5.74) is -0.474. The third-order valence-electron chi connectivity index (χ3n) is 6.05. The van der Waals surface area contributed by atoms with Crippen molar-refractivity contribution in [1.82, 2.24) is 10.2 Å². The lowest BCUT2D eigenvalue weighted by Crippen LogP contribution is -2.72. The van der Waals surface area contributed by atoms with Gasteiger partial charge < -0.3 is 10.2 Å². The first-order valence-electron chi connectivity index (χ1n) is 8.52. The molecule has 1 spiro atoms. The largest absolute Gasteiger partial charge is 0.340 e. The van der Waals surface area contributed by atoms with E-state index in [2.05, 4.69) is 19.2 Å². The second-order valence-electron chi connectivity index (χ2n) is 7.92. The first kappa shape index (κ1) is 14.9. The van der Waals surface area contributed by atoms with Gasteiger partial charge in [-0.25, -0.2) is 0 Å². The van der Waals surface area contributed by atoms with E-state index in [1.807, 2.05) is 11.8 Å². The highest BCUT2D eigenvalue weighted by Gasteiger charge is 2.54. The molecule has 0 aromatic rings. The van der Waals surface area contributed by atoms with Crippen LogP contribution >= 0.6 is 0 Å². The van der Waals surface area contributed by atoms with E-state index in [1.54, 1.807) is 0 Å². The van der Waals surface area contributed by atoms with Crippen molar-refractivity contribution in [3.05, 3.63) is 0 Å². The van der Waals surface area contributed by atoms with Gasteiger partial charge in [0, 0.05) is 6.04 Å². The predicted octanol–water partition coefficient (Wildman–Crippen LogP) is 2.61. The first-order valence-corrected chi connectivity index (χ1v) is 8.52. The van der Waals surface area contributed by atoms with Gasteiger partial charge in [-0.1, -0.05) is 39.5 Å². The minimum atomic E-state index is -0.597.